The van der Waals surface area contributed by atoms with Gasteiger partial charge in [-0.1, -0.05) is 105 Å². The molecule has 0 saturated carbocycles. The molecule has 1 unspecified atom stereocenters. The van der Waals surface area contributed by atoms with Crippen LogP contribution in [0.1, 0.15) is 144 Å². The van der Waals surface area contributed by atoms with Gasteiger partial charge in [-0.25, -0.2) is 0 Å². The van der Waals surface area contributed by atoms with E-state index in [1.165, 1.54) is 51.4 Å². The molecule has 0 aliphatic carbocycles. The van der Waals surface area contributed by atoms with Gasteiger partial charge in [0.1, 0.15) is 6.10 Å². The van der Waals surface area contributed by atoms with E-state index in [9.17, 15) is 9.59 Å². The first kappa shape index (κ1) is 29.9. The van der Waals surface area contributed by atoms with Crippen molar-refractivity contribution in [3.05, 3.63) is 0 Å². The van der Waals surface area contributed by atoms with Gasteiger partial charge in [-0.3, -0.25) is 9.59 Å². The Bertz CT molecular complexity index is 439. The van der Waals surface area contributed by atoms with Crippen molar-refractivity contribution in [2.24, 2.45) is 5.41 Å². The zero-order chi connectivity index (χ0) is 23.4. The normalized spacial score (nSPS) is 12.5. The fraction of sp³-hybridized carbons (Fsp3) is 0.926. The van der Waals surface area contributed by atoms with E-state index >= 15 is 0 Å². The third-order valence-corrected chi connectivity index (χ3v) is 6.05. The maximum absolute atomic E-state index is 11.8. The Kier molecular flexibility index (Phi) is 18.9. The molecule has 0 fully saturated rings. The van der Waals surface area contributed by atoms with Crippen molar-refractivity contribution < 1.29 is 19.1 Å². The molecule has 0 aromatic heterocycles. The molecule has 0 aliphatic heterocycles. The first-order valence-corrected chi connectivity index (χ1v) is 13.1. The van der Waals surface area contributed by atoms with Crippen molar-refractivity contribution in [2.45, 2.75) is 150 Å². The summed E-state index contributed by atoms with van der Waals surface area (Å²) in [4.78, 5) is 23.6. The minimum absolute atomic E-state index is 0.00956. The number of esters is 2. The highest BCUT2D eigenvalue weighted by Crippen LogP contribution is 2.22. The summed E-state index contributed by atoms with van der Waals surface area (Å²) in [5.74, 6) is -0.132. The predicted molar refractivity (Wildman–Crippen MR) is 130 cm³/mol. The molecule has 184 valence electrons. The van der Waals surface area contributed by atoms with Crippen LogP contribution in [-0.2, 0) is 19.1 Å². The fourth-order valence-corrected chi connectivity index (χ4v) is 3.35. The van der Waals surface area contributed by atoms with Gasteiger partial charge in [0, 0.05) is 12.8 Å². The Morgan fingerprint density at radius 2 is 1.06 bits per heavy atom. The van der Waals surface area contributed by atoms with E-state index in [1.807, 2.05) is 6.92 Å². The van der Waals surface area contributed by atoms with Gasteiger partial charge in [-0.15, -0.1) is 0 Å². The van der Waals surface area contributed by atoms with Gasteiger partial charge < -0.3 is 9.47 Å². The summed E-state index contributed by atoms with van der Waals surface area (Å²) in [6.45, 7) is 11.0. The van der Waals surface area contributed by atoms with Gasteiger partial charge in [0.25, 0.3) is 0 Å². The maximum Gasteiger partial charge on any atom is 0.306 e. The number of unbranched alkanes of at least 4 members (excludes halogenated alkanes) is 13. The monoisotopic (exact) mass is 440 g/mol. The van der Waals surface area contributed by atoms with Crippen LogP contribution >= 0.6 is 0 Å². The molecule has 0 amide bonds. The van der Waals surface area contributed by atoms with Crippen molar-refractivity contribution in [2.75, 3.05) is 6.61 Å². The van der Waals surface area contributed by atoms with E-state index in [4.69, 9.17) is 9.47 Å². The topological polar surface area (TPSA) is 52.6 Å². The maximum atomic E-state index is 11.8. The number of carbonyl (C=O) groups excluding carboxylic acids is 2. The van der Waals surface area contributed by atoms with Crippen LogP contribution in [0.3, 0.4) is 0 Å². The molecule has 1 atom stereocenters. The van der Waals surface area contributed by atoms with Crippen molar-refractivity contribution in [3.8, 4) is 0 Å². The van der Waals surface area contributed by atoms with E-state index in [0.717, 1.165) is 44.9 Å². The summed E-state index contributed by atoms with van der Waals surface area (Å²) in [7, 11) is 0. The van der Waals surface area contributed by atoms with Crippen LogP contribution in [0.5, 0.6) is 0 Å². The van der Waals surface area contributed by atoms with E-state index < -0.39 is 0 Å². The molecule has 0 aromatic rings. The lowest BCUT2D eigenvalue weighted by atomic mass is 9.90. The lowest BCUT2D eigenvalue weighted by molar-refractivity contribution is -0.153. The summed E-state index contributed by atoms with van der Waals surface area (Å²) < 4.78 is 10.8. The van der Waals surface area contributed by atoms with Crippen molar-refractivity contribution >= 4 is 11.9 Å². The smallest absolute Gasteiger partial charge is 0.306 e. The molecule has 0 rings (SSSR count). The minimum atomic E-state index is -0.0860. The first-order chi connectivity index (χ1) is 14.8. The molecule has 0 radical (unpaired) electrons. The summed E-state index contributed by atoms with van der Waals surface area (Å²) >= 11 is 0. The highest BCUT2D eigenvalue weighted by Gasteiger charge is 2.23. The van der Waals surface area contributed by atoms with Crippen molar-refractivity contribution in [3.63, 3.8) is 0 Å². The van der Waals surface area contributed by atoms with Gasteiger partial charge in [-0.2, -0.15) is 0 Å². The third kappa shape index (κ3) is 20.6. The Balaban J connectivity index is 3.37. The summed E-state index contributed by atoms with van der Waals surface area (Å²) in [6, 6.07) is 0. The molecule has 0 aliphatic rings. The van der Waals surface area contributed by atoms with Crippen LogP contribution in [0, 0.1) is 5.41 Å². The van der Waals surface area contributed by atoms with Gasteiger partial charge in [0.2, 0.25) is 0 Å². The zero-order valence-corrected chi connectivity index (χ0v) is 21.4. The zero-order valence-electron chi connectivity index (χ0n) is 21.4. The lowest BCUT2D eigenvalue weighted by Gasteiger charge is -2.26. The van der Waals surface area contributed by atoms with E-state index in [1.54, 1.807) is 0 Å². The average molecular weight is 441 g/mol. The van der Waals surface area contributed by atoms with Crippen LogP contribution < -0.4 is 0 Å². The highest BCUT2D eigenvalue weighted by molar-refractivity contribution is 5.69. The van der Waals surface area contributed by atoms with Gasteiger partial charge in [0.05, 0.1) is 6.61 Å². The Labute approximate surface area is 193 Å². The lowest BCUT2D eigenvalue weighted by Crippen LogP contribution is -2.28. The van der Waals surface area contributed by atoms with E-state index in [2.05, 4.69) is 27.7 Å². The summed E-state index contributed by atoms with van der Waals surface area (Å²) in [6.07, 6.45) is 18.6. The van der Waals surface area contributed by atoms with Crippen LogP contribution in [-0.4, -0.2) is 24.6 Å². The molecule has 0 bridgehead atoms. The quantitative estimate of drug-likeness (QED) is 0.141. The van der Waals surface area contributed by atoms with Crippen molar-refractivity contribution in [1.82, 2.24) is 0 Å². The molecular weight excluding hydrogens is 388 g/mol. The highest BCUT2D eigenvalue weighted by atomic mass is 16.5. The SMILES string of the molecule is CCCCCCCCCCCOC(=O)CCCCCCCCC(=O)OC(C)C(C)(C)C. The number of hydrogen-bond donors (Lipinski definition) is 0. The Morgan fingerprint density at radius 1 is 0.645 bits per heavy atom. The third-order valence-electron chi connectivity index (χ3n) is 6.05. The Morgan fingerprint density at radius 3 is 1.55 bits per heavy atom. The van der Waals surface area contributed by atoms with Crippen LogP contribution in [0.4, 0.5) is 0 Å². The second kappa shape index (κ2) is 19.6. The second-order valence-corrected chi connectivity index (χ2v) is 10.2. The Hall–Kier alpha value is -1.06. The van der Waals surface area contributed by atoms with Crippen LogP contribution in [0.15, 0.2) is 0 Å². The second-order valence-electron chi connectivity index (χ2n) is 10.2. The van der Waals surface area contributed by atoms with Crippen LogP contribution in [0.25, 0.3) is 0 Å². The summed E-state index contributed by atoms with van der Waals surface area (Å²) in [5, 5.41) is 0. The minimum Gasteiger partial charge on any atom is -0.466 e. The molecular formula is C27H52O4. The van der Waals surface area contributed by atoms with E-state index in [-0.39, 0.29) is 23.5 Å². The van der Waals surface area contributed by atoms with Gasteiger partial charge >= 0.3 is 11.9 Å². The molecule has 0 heterocycles. The molecule has 4 heteroatoms. The van der Waals surface area contributed by atoms with E-state index in [0.29, 0.717) is 19.4 Å². The number of hydrogen-bond acceptors (Lipinski definition) is 4. The molecule has 31 heavy (non-hydrogen) atoms. The number of rotatable bonds is 20. The molecule has 0 spiro atoms. The standard InChI is InChI=1S/C27H52O4/c1-6-7-8-9-10-11-14-17-20-23-30-25(28)21-18-15-12-13-16-19-22-26(29)31-24(2)27(3,4)5/h24H,6-23H2,1-5H3. The predicted octanol–water partition coefficient (Wildman–Crippen LogP) is 8.16. The first-order valence-electron chi connectivity index (χ1n) is 13.1. The average Bonchev–Trinajstić information content (AvgIpc) is 2.70. The molecule has 0 saturated heterocycles. The summed E-state index contributed by atoms with van der Waals surface area (Å²) in [5.41, 5.74) is -0.00956. The van der Waals surface area contributed by atoms with Gasteiger partial charge in [0.15, 0.2) is 0 Å². The molecule has 0 N–H and O–H groups in total. The number of ether oxygens (including phenoxy) is 2. The van der Waals surface area contributed by atoms with Gasteiger partial charge in [-0.05, 0) is 31.6 Å². The molecule has 0 aromatic carbocycles. The molecule has 4 nitrogen and oxygen atoms in total. The number of carbonyl (C=O) groups is 2. The van der Waals surface area contributed by atoms with Crippen LogP contribution in [0.2, 0.25) is 0 Å². The van der Waals surface area contributed by atoms with Crippen molar-refractivity contribution in [1.29, 1.82) is 0 Å². The fourth-order valence-electron chi connectivity index (χ4n) is 3.35. The largest absolute Gasteiger partial charge is 0.466 e.